The van der Waals surface area contributed by atoms with Gasteiger partial charge in [0, 0.05) is 37.7 Å². The third-order valence-electron chi connectivity index (χ3n) is 6.14. The van der Waals surface area contributed by atoms with Gasteiger partial charge in [-0.05, 0) is 44.4 Å². The van der Waals surface area contributed by atoms with Gasteiger partial charge < -0.3 is 19.3 Å². The van der Waals surface area contributed by atoms with Gasteiger partial charge in [0.25, 0.3) is 0 Å². The van der Waals surface area contributed by atoms with Crippen LogP contribution in [0.5, 0.6) is 17.4 Å². The monoisotopic (exact) mass is 440 g/mol. The lowest BCUT2D eigenvalue weighted by Gasteiger charge is -2.41. The molecule has 1 aliphatic heterocycles. The Balaban J connectivity index is 1.67. The maximum absolute atomic E-state index is 13.1. The van der Waals surface area contributed by atoms with Crippen molar-refractivity contribution in [3.63, 3.8) is 0 Å². The summed E-state index contributed by atoms with van der Waals surface area (Å²) in [6, 6.07) is 7.76. The Hall–Kier alpha value is -2.83. The number of carbonyl (C=O) groups excluding carboxylic acids is 1. The first kappa shape index (κ1) is 23.8. The minimum absolute atomic E-state index is 0.128. The van der Waals surface area contributed by atoms with Gasteiger partial charge in [-0.1, -0.05) is 32.8 Å². The van der Waals surface area contributed by atoms with Crippen molar-refractivity contribution in [3.8, 4) is 17.4 Å². The second kappa shape index (κ2) is 11.2. The number of amides is 1. The average Bonchev–Trinajstić information content (AvgIpc) is 2.80. The SMILES string of the molecule is CCCC[C@@H](CC)C(=O)N1CCN(c2cc(Oc3ccc(C)cc3OC)ncn2)C[C@H]1C. The molecule has 0 saturated carbocycles. The molecule has 0 radical (unpaired) electrons. The molecule has 0 unspecified atom stereocenters. The van der Waals surface area contributed by atoms with Gasteiger partial charge in [-0.15, -0.1) is 0 Å². The van der Waals surface area contributed by atoms with E-state index in [1.54, 1.807) is 7.11 Å². The average molecular weight is 441 g/mol. The summed E-state index contributed by atoms with van der Waals surface area (Å²) in [4.78, 5) is 26.1. The Bertz CT molecular complexity index is 905. The summed E-state index contributed by atoms with van der Waals surface area (Å²) in [7, 11) is 1.63. The van der Waals surface area contributed by atoms with Crippen molar-refractivity contribution >= 4 is 11.7 Å². The molecule has 1 fully saturated rings. The first-order valence-corrected chi connectivity index (χ1v) is 11.7. The van der Waals surface area contributed by atoms with E-state index in [0.717, 1.165) is 50.2 Å². The molecule has 2 aromatic rings. The van der Waals surface area contributed by atoms with Crippen LogP contribution in [0, 0.1) is 12.8 Å². The maximum Gasteiger partial charge on any atom is 0.226 e. The van der Waals surface area contributed by atoms with E-state index in [1.807, 2.05) is 31.2 Å². The quantitative estimate of drug-likeness (QED) is 0.556. The molecule has 1 saturated heterocycles. The molecule has 2 atom stereocenters. The van der Waals surface area contributed by atoms with Crippen molar-refractivity contribution in [1.29, 1.82) is 0 Å². The summed E-state index contributed by atoms with van der Waals surface area (Å²) in [6.07, 6.45) is 5.63. The first-order valence-electron chi connectivity index (χ1n) is 11.7. The van der Waals surface area contributed by atoms with Crippen LogP contribution < -0.4 is 14.4 Å². The number of hydrogen-bond acceptors (Lipinski definition) is 6. The fourth-order valence-electron chi connectivity index (χ4n) is 4.21. The van der Waals surface area contributed by atoms with E-state index in [4.69, 9.17) is 9.47 Å². The lowest BCUT2D eigenvalue weighted by Crippen LogP contribution is -2.55. The van der Waals surface area contributed by atoms with Gasteiger partial charge in [-0.25, -0.2) is 9.97 Å². The number of nitrogens with zero attached hydrogens (tertiary/aromatic N) is 4. The Morgan fingerprint density at radius 2 is 2.00 bits per heavy atom. The number of unbranched alkanes of at least 4 members (excludes halogenated alkanes) is 1. The van der Waals surface area contributed by atoms with Crippen molar-refractivity contribution in [2.75, 3.05) is 31.6 Å². The van der Waals surface area contributed by atoms with E-state index in [0.29, 0.717) is 29.8 Å². The van der Waals surface area contributed by atoms with Crippen LogP contribution in [-0.2, 0) is 4.79 Å². The summed E-state index contributed by atoms with van der Waals surface area (Å²) in [5, 5.41) is 0. The van der Waals surface area contributed by atoms with Crippen molar-refractivity contribution in [3.05, 3.63) is 36.2 Å². The molecule has 0 bridgehead atoms. The highest BCUT2D eigenvalue weighted by atomic mass is 16.5. The minimum Gasteiger partial charge on any atom is -0.493 e. The molecule has 1 aromatic heterocycles. The molecule has 2 heterocycles. The predicted molar refractivity (Wildman–Crippen MR) is 127 cm³/mol. The third-order valence-corrected chi connectivity index (χ3v) is 6.14. The number of methoxy groups -OCH3 is 1. The molecule has 0 spiro atoms. The standard InChI is InChI=1S/C25H36N4O3/c1-6-8-9-20(7-2)25(30)29-13-12-28(16-19(29)4)23-15-24(27-17-26-23)32-21-11-10-18(3)14-22(21)31-5/h10-11,14-15,17,19-20H,6-9,12-13,16H2,1-5H3/t19-,20-/m1/s1. The highest BCUT2D eigenvalue weighted by Gasteiger charge is 2.31. The molecule has 1 aliphatic rings. The molecule has 3 rings (SSSR count). The van der Waals surface area contributed by atoms with Crippen molar-refractivity contribution in [2.24, 2.45) is 5.92 Å². The Kier molecular flexibility index (Phi) is 8.31. The molecule has 1 aromatic carbocycles. The van der Waals surface area contributed by atoms with Gasteiger partial charge >= 0.3 is 0 Å². The smallest absolute Gasteiger partial charge is 0.226 e. The molecule has 1 amide bonds. The number of aryl methyl sites for hydroxylation is 1. The summed E-state index contributed by atoms with van der Waals surface area (Å²) < 4.78 is 11.4. The summed E-state index contributed by atoms with van der Waals surface area (Å²) in [5.41, 5.74) is 1.10. The fourth-order valence-corrected chi connectivity index (χ4v) is 4.21. The maximum atomic E-state index is 13.1. The van der Waals surface area contributed by atoms with E-state index >= 15 is 0 Å². The topological polar surface area (TPSA) is 67.8 Å². The molecule has 7 heteroatoms. The van der Waals surface area contributed by atoms with Crippen LogP contribution >= 0.6 is 0 Å². The zero-order valence-corrected chi connectivity index (χ0v) is 20.0. The number of benzene rings is 1. The predicted octanol–water partition coefficient (Wildman–Crippen LogP) is 4.84. The number of piperazine rings is 1. The van der Waals surface area contributed by atoms with E-state index < -0.39 is 0 Å². The zero-order chi connectivity index (χ0) is 23.1. The van der Waals surface area contributed by atoms with E-state index in [9.17, 15) is 4.79 Å². The van der Waals surface area contributed by atoms with Gasteiger partial charge in [0.1, 0.15) is 12.1 Å². The van der Waals surface area contributed by atoms with E-state index in [2.05, 4.69) is 40.5 Å². The normalized spacial score (nSPS) is 17.2. The van der Waals surface area contributed by atoms with E-state index in [-0.39, 0.29) is 12.0 Å². The van der Waals surface area contributed by atoms with Crippen LogP contribution in [0.25, 0.3) is 0 Å². The lowest BCUT2D eigenvalue weighted by atomic mass is 9.96. The highest BCUT2D eigenvalue weighted by Crippen LogP contribution is 2.32. The van der Waals surface area contributed by atoms with Crippen LogP contribution in [0.1, 0.15) is 52.0 Å². The molecule has 32 heavy (non-hydrogen) atoms. The van der Waals surface area contributed by atoms with Gasteiger partial charge in [0.2, 0.25) is 11.8 Å². The molecule has 174 valence electrons. The molecule has 0 N–H and O–H groups in total. The third kappa shape index (κ3) is 5.69. The largest absolute Gasteiger partial charge is 0.493 e. The molecule has 7 nitrogen and oxygen atoms in total. The number of ether oxygens (including phenoxy) is 2. The van der Waals surface area contributed by atoms with Gasteiger partial charge in [0.05, 0.1) is 7.11 Å². The zero-order valence-electron chi connectivity index (χ0n) is 20.0. The summed E-state index contributed by atoms with van der Waals surface area (Å²) >= 11 is 0. The minimum atomic E-state index is 0.128. The molecule has 0 aliphatic carbocycles. The van der Waals surface area contributed by atoms with E-state index in [1.165, 1.54) is 6.33 Å². The second-order valence-electron chi connectivity index (χ2n) is 8.54. The Morgan fingerprint density at radius 1 is 1.19 bits per heavy atom. The first-order chi connectivity index (χ1) is 15.5. The van der Waals surface area contributed by atoms with Crippen LogP contribution in [0.4, 0.5) is 5.82 Å². The van der Waals surface area contributed by atoms with Crippen molar-refractivity contribution in [2.45, 2.75) is 59.4 Å². The van der Waals surface area contributed by atoms with Crippen LogP contribution in [0.15, 0.2) is 30.6 Å². The number of rotatable bonds is 9. The lowest BCUT2D eigenvalue weighted by molar-refractivity contribution is -0.138. The summed E-state index contributed by atoms with van der Waals surface area (Å²) in [5.74, 6) is 2.98. The molecular weight excluding hydrogens is 404 g/mol. The summed E-state index contributed by atoms with van der Waals surface area (Å²) in [6.45, 7) is 10.6. The van der Waals surface area contributed by atoms with Crippen LogP contribution in [-0.4, -0.2) is 53.6 Å². The van der Waals surface area contributed by atoms with Crippen LogP contribution in [0.2, 0.25) is 0 Å². The van der Waals surface area contributed by atoms with Crippen molar-refractivity contribution in [1.82, 2.24) is 14.9 Å². The van der Waals surface area contributed by atoms with Crippen LogP contribution in [0.3, 0.4) is 0 Å². The Morgan fingerprint density at radius 3 is 2.69 bits per heavy atom. The Labute approximate surface area is 191 Å². The number of carbonyl (C=O) groups is 1. The molecular formula is C25H36N4O3. The number of aromatic nitrogens is 2. The second-order valence-corrected chi connectivity index (χ2v) is 8.54. The highest BCUT2D eigenvalue weighted by molar-refractivity contribution is 5.79. The van der Waals surface area contributed by atoms with Crippen molar-refractivity contribution < 1.29 is 14.3 Å². The van der Waals surface area contributed by atoms with Gasteiger partial charge in [0.15, 0.2) is 11.5 Å². The fraction of sp³-hybridized carbons (Fsp3) is 0.560. The van der Waals surface area contributed by atoms with Gasteiger partial charge in [-0.2, -0.15) is 0 Å². The number of anilines is 1. The number of hydrogen-bond donors (Lipinski definition) is 0. The van der Waals surface area contributed by atoms with Gasteiger partial charge in [-0.3, -0.25) is 4.79 Å².